The molecular formula is C29H20ClN3O4S. The molecule has 0 fully saturated rings. The number of halogens is 1. The van der Waals surface area contributed by atoms with E-state index in [1.165, 1.54) is 23.5 Å². The number of ether oxygens (including phenoxy) is 1. The molecule has 0 spiro atoms. The van der Waals surface area contributed by atoms with Crippen LogP contribution in [0.2, 0.25) is 5.02 Å². The van der Waals surface area contributed by atoms with Crippen LogP contribution in [0.1, 0.15) is 26.3 Å². The zero-order chi connectivity index (χ0) is 26.5. The molecule has 188 valence electrons. The Morgan fingerprint density at radius 1 is 0.895 bits per heavy atom. The molecule has 0 bridgehead atoms. The van der Waals surface area contributed by atoms with Gasteiger partial charge in [0, 0.05) is 22.3 Å². The molecule has 0 atom stereocenters. The number of hydrogen-bond donors (Lipinski definition) is 1. The summed E-state index contributed by atoms with van der Waals surface area (Å²) in [6.45, 7) is -0.555. The number of nitrogens with zero attached hydrogens (tertiary/aromatic N) is 2. The Bertz CT molecular complexity index is 1600. The van der Waals surface area contributed by atoms with Crippen LogP contribution in [0.25, 0.3) is 16.3 Å². The van der Waals surface area contributed by atoms with Crippen LogP contribution < -0.4 is 5.32 Å². The number of ketones is 1. The van der Waals surface area contributed by atoms with E-state index in [9.17, 15) is 14.4 Å². The van der Waals surface area contributed by atoms with E-state index in [4.69, 9.17) is 16.3 Å². The van der Waals surface area contributed by atoms with E-state index >= 15 is 0 Å². The summed E-state index contributed by atoms with van der Waals surface area (Å²) in [4.78, 5) is 39.6. The largest absolute Gasteiger partial charge is 0.452 e. The third kappa shape index (κ3) is 5.56. The van der Waals surface area contributed by atoms with Gasteiger partial charge in [-0.15, -0.1) is 11.3 Å². The second-order valence-electron chi connectivity index (χ2n) is 8.16. The molecular weight excluding hydrogens is 522 g/mol. The molecule has 5 aromatic rings. The third-order valence-corrected chi connectivity index (χ3v) is 6.69. The van der Waals surface area contributed by atoms with Crippen molar-refractivity contribution in [2.75, 3.05) is 11.9 Å². The first kappa shape index (κ1) is 25.1. The fourth-order valence-electron chi connectivity index (χ4n) is 3.79. The van der Waals surface area contributed by atoms with Crippen molar-refractivity contribution in [3.05, 3.63) is 124 Å². The van der Waals surface area contributed by atoms with Gasteiger partial charge < -0.3 is 10.1 Å². The highest BCUT2D eigenvalue weighted by Gasteiger charge is 2.22. The zero-order valence-corrected chi connectivity index (χ0v) is 21.4. The third-order valence-electron chi connectivity index (χ3n) is 5.58. The maximum atomic E-state index is 13.0. The van der Waals surface area contributed by atoms with Crippen LogP contribution in [-0.2, 0) is 9.53 Å². The van der Waals surface area contributed by atoms with Gasteiger partial charge in [0.2, 0.25) is 0 Å². The van der Waals surface area contributed by atoms with Crippen molar-refractivity contribution >= 4 is 46.3 Å². The minimum Gasteiger partial charge on any atom is -0.452 e. The number of para-hydroxylation sites is 1. The van der Waals surface area contributed by atoms with Gasteiger partial charge in [0.15, 0.2) is 12.4 Å². The summed E-state index contributed by atoms with van der Waals surface area (Å²) in [7, 11) is 0. The minimum atomic E-state index is -0.692. The van der Waals surface area contributed by atoms with Crippen molar-refractivity contribution in [3.8, 4) is 16.3 Å². The minimum absolute atomic E-state index is 0.229. The molecule has 2 heterocycles. The van der Waals surface area contributed by atoms with E-state index < -0.39 is 18.5 Å². The van der Waals surface area contributed by atoms with Gasteiger partial charge in [-0.2, -0.15) is 5.10 Å². The van der Waals surface area contributed by atoms with Crippen LogP contribution in [0.3, 0.4) is 0 Å². The monoisotopic (exact) mass is 541 g/mol. The van der Waals surface area contributed by atoms with Gasteiger partial charge in [0.1, 0.15) is 11.3 Å². The van der Waals surface area contributed by atoms with Gasteiger partial charge in [-0.1, -0.05) is 66.2 Å². The first-order valence-corrected chi connectivity index (χ1v) is 12.8. The van der Waals surface area contributed by atoms with Gasteiger partial charge >= 0.3 is 5.97 Å². The molecule has 0 aliphatic carbocycles. The van der Waals surface area contributed by atoms with Crippen molar-refractivity contribution in [1.82, 2.24) is 9.78 Å². The molecule has 38 heavy (non-hydrogen) atoms. The van der Waals surface area contributed by atoms with E-state index in [1.807, 2.05) is 47.8 Å². The molecule has 7 nitrogen and oxygen atoms in total. The molecule has 1 amide bonds. The predicted molar refractivity (Wildman–Crippen MR) is 147 cm³/mol. The molecule has 9 heteroatoms. The number of carbonyl (C=O) groups is 3. The van der Waals surface area contributed by atoms with Crippen molar-refractivity contribution < 1.29 is 19.1 Å². The summed E-state index contributed by atoms with van der Waals surface area (Å²) >= 11 is 7.56. The number of esters is 1. The fraction of sp³-hybridized carbons (Fsp3) is 0.0345. The molecule has 0 unspecified atom stereocenters. The van der Waals surface area contributed by atoms with Crippen LogP contribution in [0.5, 0.6) is 0 Å². The molecule has 0 saturated heterocycles. The molecule has 3 aromatic carbocycles. The Labute approximate surface area is 227 Å². The van der Waals surface area contributed by atoms with E-state index in [0.29, 0.717) is 16.3 Å². The lowest BCUT2D eigenvalue weighted by Gasteiger charge is -2.11. The number of anilines is 1. The summed E-state index contributed by atoms with van der Waals surface area (Å²) in [6, 6.07) is 26.4. The standard InChI is InChI=1S/C29H20ClN3O4S/c30-20-13-14-24(22(16-20)28(35)19-8-3-1-4-9-19)31-26(34)18-37-29(36)23-17-33(21-10-5-2-6-11-21)32-27(23)25-12-7-15-38-25/h1-17H,18H2,(H,31,34). The number of nitrogens with one attached hydrogen (secondary N) is 1. The first-order valence-electron chi connectivity index (χ1n) is 11.5. The summed E-state index contributed by atoms with van der Waals surface area (Å²) in [5, 5.41) is 9.48. The summed E-state index contributed by atoms with van der Waals surface area (Å²) < 4.78 is 6.95. The number of hydrogen-bond acceptors (Lipinski definition) is 6. The molecule has 2 aromatic heterocycles. The number of thiophene rings is 1. The van der Waals surface area contributed by atoms with Crippen molar-refractivity contribution in [2.45, 2.75) is 0 Å². The molecule has 0 radical (unpaired) electrons. The SMILES string of the molecule is O=C(COC(=O)c1cn(-c2ccccc2)nc1-c1cccs1)Nc1ccc(Cl)cc1C(=O)c1ccccc1. The maximum Gasteiger partial charge on any atom is 0.342 e. The van der Waals surface area contributed by atoms with E-state index in [1.54, 1.807) is 47.3 Å². The Hall–Kier alpha value is -4.53. The van der Waals surface area contributed by atoms with E-state index in [2.05, 4.69) is 10.4 Å². The highest BCUT2D eigenvalue weighted by atomic mass is 35.5. The Morgan fingerprint density at radius 2 is 1.63 bits per heavy atom. The average molecular weight is 542 g/mol. The summed E-state index contributed by atoms with van der Waals surface area (Å²) in [6.07, 6.45) is 1.58. The van der Waals surface area contributed by atoms with Gasteiger partial charge in [0.25, 0.3) is 5.91 Å². The quantitative estimate of drug-likeness (QED) is 0.184. The van der Waals surface area contributed by atoms with E-state index in [-0.39, 0.29) is 22.6 Å². The molecule has 0 aliphatic heterocycles. The highest BCUT2D eigenvalue weighted by Crippen LogP contribution is 2.28. The number of benzene rings is 3. The topological polar surface area (TPSA) is 90.3 Å². The van der Waals surface area contributed by atoms with Crippen LogP contribution in [0.4, 0.5) is 5.69 Å². The zero-order valence-electron chi connectivity index (χ0n) is 19.8. The van der Waals surface area contributed by atoms with Gasteiger partial charge in [-0.25, -0.2) is 9.48 Å². The summed E-state index contributed by atoms with van der Waals surface area (Å²) in [5.41, 5.74) is 2.42. The lowest BCUT2D eigenvalue weighted by molar-refractivity contribution is -0.119. The Kier molecular flexibility index (Phi) is 7.44. The van der Waals surface area contributed by atoms with Crippen LogP contribution in [-0.4, -0.2) is 34.0 Å². The highest BCUT2D eigenvalue weighted by molar-refractivity contribution is 7.13. The average Bonchev–Trinajstić information content (AvgIpc) is 3.64. The van der Waals surface area contributed by atoms with Gasteiger partial charge in [-0.05, 0) is 41.8 Å². The number of rotatable bonds is 8. The molecule has 5 rings (SSSR count). The van der Waals surface area contributed by atoms with Gasteiger partial charge in [0.05, 0.1) is 16.3 Å². The van der Waals surface area contributed by atoms with Crippen LogP contribution in [0.15, 0.2) is 103 Å². The fourth-order valence-corrected chi connectivity index (χ4v) is 4.68. The lowest BCUT2D eigenvalue weighted by Crippen LogP contribution is -2.22. The molecule has 0 aliphatic rings. The lowest BCUT2D eigenvalue weighted by atomic mass is 10.0. The van der Waals surface area contributed by atoms with Crippen LogP contribution >= 0.6 is 22.9 Å². The number of carbonyl (C=O) groups excluding carboxylic acids is 3. The second-order valence-corrected chi connectivity index (χ2v) is 9.54. The van der Waals surface area contributed by atoms with Crippen molar-refractivity contribution in [3.63, 3.8) is 0 Å². The number of amides is 1. The van der Waals surface area contributed by atoms with Crippen molar-refractivity contribution in [2.24, 2.45) is 0 Å². The van der Waals surface area contributed by atoms with Crippen molar-refractivity contribution in [1.29, 1.82) is 0 Å². The normalized spacial score (nSPS) is 10.7. The van der Waals surface area contributed by atoms with Crippen LogP contribution in [0, 0.1) is 0 Å². The maximum absolute atomic E-state index is 13.0. The molecule has 1 N–H and O–H groups in total. The summed E-state index contributed by atoms with van der Waals surface area (Å²) in [5.74, 6) is -1.59. The number of aromatic nitrogens is 2. The van der Waals surface area contributed by atoms with Gasteiger partial charge in [-0.3, -0.25) is 9.59 Å². The Balaban J connectivity index is 1.32. The first-order chi connectivity index (χ1) is 18.5. The molecule has 0 saturated carbocycles. The smallest absolute Gasteiger partial charge is 0.342 e. The predicted octanol–water partition coefficient (Wildman–Crippen LogP) is 6.28. The second kappa shape index (κ2) is 11.2. The Morgan fingerprint density at radius 3 is 2.34 bits per heavy atom. The van der Waals surface area contributed by atoms with E-state index in [0.717, 1.165) is 10.6 Å².